The molecular formula is C11H20O5. The van der Waals surface area contributed by atoms with E-state index in [0.717, 1.165) is 19.1 Å². The molecule has 0 bridgehead atoms. The van der Waals surface area contributed by atoms with Crippen molar-refractivity contribution in [2.45, 2.75) is 33.6 Å². The van der Waals surface area contributed by atoms with Crippen LogP contribution in [0.1, 0.15) is 33.6 Å². The fourth-order valence-corrected chi connectivity index (χ4v) is 0.530. The predicted octanol–water partition coefficient (Wildman–Crippen LogP) is 2.65. The van der Waals surface area contributed by atoms with Crippen LogP contribution in [0.3, 0.4) is 0 Å². The Morgan fingerprint density at radius 2 is 1.56 bits per heavy atom. The molecule has 0 radical (unpaired) electrons. The van der Waals surface area contributed by atoms with Crippen LogP contribution in [-0.2, 0) is 19.0 Å². The van der Waals surface area contributed by atoms with Gasteiger partial charge in [0.05, 0.1) is 19.5 Å². The van der Waals surface area contributed by atoms with Gasteiger partial charge in [0.15, 0.2) is 0 Å². The molecule has 0 aliphatic heterocycles. The van der Waals surface area contributed by atoms with E-state index < -0.39 is 6.16 Å². The Kier molecular flexibility index (Phi) is 14.2. The van der Waals surface area contributed by atoms with Gasteiger partial charge in [0.2, 0.25) is 0 Å². The normalized spacial score (nSPS) is 8.19. The summed E-state index contributed by atoms with van der Waals surface area (Å²) in [5, 5.41) is 0. The standard InChI is InChI=1S/C7H14O3.C4H6O2/c1-3-5-9-7(8)10-6-4-2;1-3-6-4(2)5/h3-6H2,1-2H3;3H,1H2,2H3. The van der Waals surface area contributed by atoms with E-state index in [1.54, 1.807) is 0 Å². The lowest BCUT2D eigenvalue weighted by Crippen LogP contribution is -2.08. The molecule has 0 unspecified atom stereocenters. The zero-order chi connectivity index (χ0) is 12.8. The molecule has 94 valence electrons. The molecule has 0 saturated carbocycles. The van der Waals surface area contributed by atoms with Crippen molar-refractivity contribution in [2.24, 2.45) is 0 Å². The van der Waals surface area contributed by atoms with E-state index in [4.69, 9.17) is 0 Å². The third-order valence-corrected chi connectivity index (χ3v) is 1.10. The molecule has 0 N–H and O–H groups in total. The zero-order valence-corrected chi connectivity index (χ0v) is 10.2. The first-order valence-electron chi connectivity index (χ1n) is 5.16. The Morgan fingerprint density at radius 1 is 1.12 bits per heavy atom. The average Bonchev–Trinajstić information content (AvgIpc) is 2.24. The van der Waals surface area contributed by atoms with Crippen molar-refractivity contribution in [3.05, 3.63) is 12.8 Å². The summed E-state index contributed by atoms with van der Waals surface area (Å²) in [6.07, 6.45) is 2.22. The maximum absolute atomic E-state index is 10.5. The lowest BCUT2D eigenvalue weighted by atomic mass is 10.5. The zero-order valence-electron chi connectivity index (χ0n) is 10.2. The number of hydrogen-bond donors (Lipinski definition) is 0. The van der Waals surface area contributed by atoms with E-state index in [1.165, 1.54) is 6.92 Å². The fourth-order valence-electron chi connectivity index (χ4n) is 0.530. The van der Waals surface area contributed by atoms with Gasteiger partial charge in [0, 0.05) is 6.92 Å². The number of carbonyl (C=O) groups is 2. The highest BCUT2D eigenvalue weighted by Crippen LogP contribution is 1.88. The fraction of sp³-hybridized carbons (Fsp3) is 0.636. The summed E-state index contributed by atoms with van der Waals surface area (Å²) >= 11 is 0. The van der Waals surface area contributed by atoms with E-state index in [2.05, 4.69) is 20.8 Å². The Balaban J connectivity index is 0. The third kappa shape index (κ3) is 18.3. The summed E-state index contributed by atoms with van der Waals surface area (Å²) in [6, 6.07) is 0. The maximum atomic E-state index is 10.5. The van der Waals surface area contributed by atoms with Gasteiger partial charge in [-0.2, -0.15) is 0 Å². The van der Waals surface area contributed by atoms with Gasteiger partial charge in [-0.25, -0.2) is 4.79 Å². The summed E-state index contributed by atoms with van der Waals surface area (Å²) in [4.78, 5) is 20.3. The van der Waals surface area contributed by atoms with Gasteiger partial charge in [0.25, 0.3) is 0 Å². The van der Waals surface area contributed by atoms with Gasteiger partial charge in [0.1, 0.15) is 0 Å². The van der Waals surface area contributed by atoms with Crippen molar-refractivity contribution in [2.75, 3.05) is 13.2 Å². The van der Waals surface area contributed by atoms with Crippen LogP contribution in [-0.4, -0.2) is 25.3 Å². The average molecular weight is 232 g/mol. The second kappa shape index (κ2) is 13.5. The molecule has 0 spiro atoms. The Bertz CT molecular complexity index is 191. The highest BCUT2D eigenvalue weighted by atomic mass is 16.7. The molecule has 5 nitrogen and oxygen atoms in total. The van der Waals surface area contributed by atoms with Crippen LogP contribution in [0, 0.1) is 0 Å². The van der Waals surface area contributed by atoms with Crippen molar-refractivity contribution in [3.8, 4) is 0 Å². The molecule has 0 rings (SSSR count). The molecule has 5 heteroatoms. The minimum absolute atomic E-state index is 0.329. The second-order valence-corrected chi connectivity index (χ2v) is 2.72. The lowest BCUT2D eigenvalue weighted by Gasteiger charge is -2.02. The van der Waals surface area contributed by atoms with E-state index in [-0.39, 0.29) is 5.97 Å². The van der Waals surface area contributed by atoms with Crippen LogP contribution in [0.4, 0.5) is 4.79 Å². The number of hydrogen-bond acceptors (Lipinski definition) is 5. The van der Waals surface area contributed by atoms with Gasteiger partial charge in [-0.05, 0) is 12.8 Å². The van der Waals surface area contributed by atoms with Crippen molar-refractivity contribution < 1.29 is 23.8 Å². The molecule has 0 aliphatic rings. The summed E-state index contributed by atoms with van der Waals surface area (Å²) in [7, 11) is 0. The highest BCUT2D eigenvalue weighted by Gasteiger charge is 1.99. The summed E-state index contributed by atoms with van der Waals surface area (Å²) < 4.78 is 13.4. The molecule has 0 aromatic rings. The first-order chi connectivity index (χ1) is 7.58. The molecule has 0 heterocycles. The minimum atomic E-state index is -0.552. The Morgan fingerprint density at radius 3 is 1.75 bits per heavy atom. The number of rotatable bonds is 5. The molecule has 0 fully saturated rings. The van der Waals surface area contributed by atoms with E-state index in [0.29, 0.717) is 13.2 Å². The third-order valence-electron chi connectivity index (χ3n) is 1.10. The van der Waals surface area contributed by atoms with E-state index in [1.807, 2.05) is 13.8 Å². The minimum Gasteiger partial charge on any atom is -0.435 e. The van der Waals surface area contributed by atoms with Crippen molar-refractivity contribution in [1.82, 2.24) is 0 Å². The van der Waals surface area contributed by atoms with Gasteiger partial charge < -0.3 is 14.2 Å². The predicted molar refractivity (Wildman–Crippen MR) is 59.8 cm³/mol. The molecule has 0 atom stereocenters. The molecule has 0 amide bonds. The van der Waals surface area contributed by atoms with Crippen LogP contribution < -0.4 is 0 Å². The van der Waals surface area contributed by atoms with E-state index in [9.17, 15) is 9.59 Å². The topological polar surface area (TPSA) is 61.8 Å². The monoisotopic (exact) mass is 232 g/mol. The molecule has 0 saturated heterocycles. The molecular weight excluding hydrogens is 212 g/mol. The van der Waals surface area contributed by atoms with Crippen molar-refractivity contribution >= 4 is 12.1 Å². The lowest BCUT2D eigenvalue weighted by molar-refractivity contribution is -0.135. The van der Waals surface area contributed by atoms with Crippen LogP contribution >= 0.6 is 0 Å². The van der Waals surface area contributed by atoms with Gasteiger partial charge in [-0.1, -0.05) is 20.4 Å². The van der Waals surface area contributed by atoms with Crippen LogP contribution in [0.5, 0.6) is 0 Å². The van der Waals surface area contributed by atoms with Crippen LogP contribution in [0.25, 0.3) is 0 Å². The molecule has 0 aromatic carbocycles. The summed E-state index contributed by atoms with van der Waals surface area (Å²) in [5.41, 5.74) is 0. The van der Waals surface area contributed by atoms with Crippen molar-refractivity contribution in [1.29, 1.82) is 0 Å². The largest absolute Gasteiger partial charge is 0.508 e. The Hall–Kier alpha value is -1.52. The molecule has 16 heavy (non-hydrogen) atoms. The van der Waals surface area contributed by atoms with E-state index >= 15 is 0 Å². The Labute approximate surface area is 96.4 Å². The second-order valence-electron chi connectivity index (χ2n) is 2.72. The first kappa shape index (κ1) is 16.9. The summed E-state index contributed by atoms with van der Waals surface area (Å²) in [5.74, 6) is -0.329. The highest BCUT2D eigenvalue weighted by molar-refractivity contribution is 5.66. The number of esters is 1. The molecule has 0 aromatic heterocycles. The number of carbonyl (C=O) groups excluding carboxylic acids is 2. The van der Waals surface area contributed by atoms with Gasteiger partial charge >= 0.3 is 12.1 Å². The van der Waals surface area contributed by atoms with Crippen molar-refractivity contribution in [3.63, 3.8) is 0 Å². The smallest absolute Gasteiger partial charge is 0.435 e. The molecule has 0 aliphatic carbocycles. The number of ether oxygens (including phenoxy) is 3. The summed E-state index contributed by atoms with van der Waals surface area (Å²) in [6.45, 7) is 9.25. The first-order valence-corrected chi connectivity index (χ1v) is 5.16. The van der Waals surface area contributed by atoms with Gasteiger partial charge in [-0.15, -0.1) is 0 Å². The van der Waals surface area contributed by atoms with Crippen LogP contribution in [0.2, 0.25) is 0 Å². The van der Waals surface area contributed by atoms with Crippen LogP contribution in [0.15, 0.2) is 12.8 Å². The quantitative estimate of drug-likeness (QED) is 0.538. The SMILES string of the molecule is C=COC(C)=O.CCCOC(=O)OCCC. The maximum Gasteiger partial charge on any atom is 0.508 e. The van der Waals surface area contributed by atoms with Gasteiger partial charge in [-0.3, -0.25) is 4.79 Å².